The van der Waals surface area contributed by atoms with Gasteiger partial charge in [-0.2, -0.15) is 0 Å². The standard InChI is InChI=1S/C16H23N3O2S/c1-4-19-15(21)17(3)14(20)16(19)6-8-18(9-7-16)11-13-12(2)5-10-22-13/h5,10H,4,6-9,11H2,1-3H3. The molecule has 1 aromatic heterocycles. The highest BCUT2D eigenvalue weighted by Crippen LogP contribution is 2.37. The first kappa shape index (κ1) is 15.5. The van der Waals surface area contributed by atoms with E-state index in [1.54, 1.807) is 23.3 Å². The summed E-state index contributed by atoms with van der Waals surface area (Å²) in [6, 6.07) is 2.01. The van der Waals surface area contributed by atoms with Gasteiger partial charge in [-0.3, -0.25) is 14.6 Å². The molecule has 22 heavy (non-hydrogen) atoms. The maximum absolute atomic E-state index is 12.6. The van der Waals surface area contributed by atoms with Crippen LogP contribution in [0.15, 0.2) is 11.4 Å². The summed E-state index contributed by atoms with van der Waals surface area (Å²) in [4.78, 5) is 31.7. The Kier molecular flexibility index (Phi) is 3.99. The molecule has 0 radical (unpaired) electrons. The second-order valence-corrected chi connectivity index (χ2v) is 7.23. The number of imide groups is 1. The molecule has 5 nitrogen and oxygen atoms in total. The van der Waals surface area contributed by atoms with Crippen molar-refractivity contribution < 1.29 is 9.59 Å². The molecular weight excluding hydrogens is 298 g/mol. The number of piperidine rings is 1. The molecular formula is C16H23N3O2S. The Labute approximate surface area is 135 Å². The minimum absolute atomic E-state index is 0.0219. The summed E-state index contributed by atoms with van der Waals surface area (Å²) in [5.74, 6) is -0.0219. The van der Waals surface area contributed by atoms with Crippen molar-refractivity contribution in [1.29, 1.82) is 0 Å². The largest absolute Gasteiger partial charge is 0.327 e. The molecule has 0 unspecified atom stereocenters. The van der Waals surface area contributed by atoms with E-state index in [2.05, 4.69) is 23.3 Å². The van der Waals surface area contributed by atoms with Crippen LogP contribution in [-0.4, -0.2) is 58.9 Å². The Morgan fingerprint density at radius 3 is 2.50 bits per heavy atom. The zero-order valence-corrected chi connectivity index (χ0v) is 14.3. The van der Waals surface area contributed by atoms with E-state index in [0.29, 0.717) is 6.54 Å². The fraction of sp³-hybridized carbons (Fsp3) is 0.625. The molecule has 2 saturated heterocycles. The number of hydrogen-bond donors (Lipinski definition) is 0. The van der Waals surface area contributed by atoms with Gasteiger partial charge in [0.25, 0.3) is 5.91 Å². The Balaban J connectivity index is 1.71. The fourth-order valence-corrected chi connectivity index (χ4v) is 4.60. The fourth-order valence-electron chi connectivity index (χ4n) is 3.65. The van der Waals surface area contributed by atoms with E-state index in [9.17, 15) is 9.59 Å². The SMILES string of the molecule is CCN1C(=O)N(C)C(=O)C12CCN(Cc1sccc1C)CC2. The molecule has 2 fully saturated rings. The van der Waals surface area contributed by atoms with Gasteiger partial charge in [0, 0.05) is 38.1 Å². The lowest BCUT2D eigenvalue weighted by atomic mass is 9.86. The average molecular weight is 321 g/mol. The number of urea groups is 1. The van der Waals surface area contributed by atoms with Crippen molar-refractivity contribution in [3.63, 3.8) is 0 Å². The minimum Gasteiger partial charge on any atom is -0.310 e. The van der Waals surface area contributed by atoms with Crippen LogP contribution >= 0.6 is 11.3 Å². The van der Waals surface area contributed by atoms with Crippen LogP contribution < -0.4 is 0 Å². The summed E-state index contributed by atoms with van der Waals surface area (Å²) in [7, 11) is 1.60. The van der Waals surface area contributed by atoms with Gasteiger partial charge < -0.3 is 4.90 Å². The first-order chi connectivity index (χ1) is 10.5. The van der Waals surface area contributed by atoms with Crippen molar-refractivity contribution in [2.45, 2.75) is 38.8 Å². The van der Waals surface area contributed by atoms with Crippen molar-refractivity contribution >= 4 is 23.3 Å². The Morgan fingerprint density at radius 1 is 1.27 bits per heavy atom. The maximum atomic E-state index is 12.6. The quantitative estimate of drug-likeness (QED) is 0.803. The van der Waals surface area contributed by atoms with Gasteiger partial charge in [0.15, 0.2) is 0 Å². The molecule has 0 atom stereocenters. The van der Waals surface area contributed by atoms with Crippen molar-refractivity contribution in [3.8, 4) is 0 Å². The molecule has 0 aromatic carbocycles. The number of hydrogen-bond acceptors (Lipinski definition) is 4. The van der Waals surface area contributed by atoms with Crippen LogP contribution in [0.3, 0.4) is 0 Å². The summed E-state index contributed by atoms with van der Waals surface area (Å²) in [5, 5.41) is 2.13. The van der Waals surface area contributed by atoms with E-state index in [4.69, 9.17) is 0 Å². The van der Waals surface area contributed by atoms with Gasteiger partial charge in [-0.1, -0.05) is 0 Å². The average Bonchev–Trinajstić information content (AvgIpc) is 2.99. The van der Waals surface area contributed by atoms with Crippen LogP contribution in [0.1, 0.15) is 30.2 Å². The van der Waals surface area contributed by atoms with Gasteiger partial charge in [0.2, 0.25) is 0 Å². The number of rotatable bonds is 3. The van der Waals surface area contributed by atoms with E-state index >= 15 is 0 Å². The van der Waals surface area contributed by atoms with Gasteiger partial charge in [0.1, 0.15) is 5.54 Å². The highest BCUT2D eigenvalue weighted by Gasteiger charge is 2.56. The number of nitrogens with zero attached hydrogens (tertiary/aromatic N) is 3. The smallest absolute Gasteiger partial charge is 0.310 e. The van der Waals surface area contributed by atoms with E-state index in [1.165, 1.54) is 15.3 Å². The zero-order valence-electron chi connectivity index (χ0n) is 13.5. The summed E-state index contributed by atoms with van der Waals surface area (Å²) < 4.78 is 0. The Bertz CT molecular complexity index is 590. The second kappa shape index (κ2) is 5.66. The van der Waals surface area contributed by atoms with Gasteiger partial charge in [-0.05, 0) is 43.7 Å². The third-order valence-electron chi connectivity index (χ3n) is 5.07. The van der Waals surface area contributed by atoms with E-state index in [0.717, 1.165) is 32.5 Å². The molecule has 0 bridgehead atoms. The first-order valence-electron chi connectivity index (χ1n) is 7.84. The van der Waals surface area contributed by atoms with E-state index in [-0.39, 0.29) is 11.9 Å². The highest BCUT2D eigenvalue weighted by atomic mass is 32.1. The third-order valence-corrected chi connectivity index (χ3v) is 6.08. The van der Waals surface area contributed by atoms with Crippen molar-refractivity contribution in [3.05, 3.63) is 21.9 Å². The number of likely N-dealkylation sites (N-methyl/N-ethyl adjacent to an activating group) is 2. The molecule has 3 rings (SSSR count). The van der Waals surface area contributed by atoms with Crippen LogP contribution in [0, 0.1) is 6.92 Å². The molecule has 3 heterocycles. The molecule has 6 heteroatoms. The normalized spacial score (nSPS) is 22.1. The number of carbonyl (C=O) groups is 2. The van der Waals surface area contributed by atoms with Crippen molar-refractivity contribution in [1.82, 2.24) is 14.7 Å². The molecule has 3 amide bonds. The van der Waals surface area contributed by atoms with E-state index < -0.39 is 5.54 Å². The van der Waals surface area contributed by atoms with Crippen LogP contribution in [-0.2, 0) is 11.3 Å². The second-order valence-electron chi connectivity index (χ2n) is 6.23. The molecule has 0 saturated carbocycles. The summed E-state index contributed by atoms with van der Waals surface area (Å²) >= 11 is 1.79. The van der Waals surface area contributed by atoms with Crippen molar-refractivity contribution in [2.75, 3.05) is 26.7 Å². The summed E-state index contributed by atoms with van der Waals surface area (Å²) in [5.41, 5.74) is 0.744. The van der Waals surface area contributed by atoms with Gasteiger partial charge >= 0.3 is 6.03 Å². The van der Waals surface area contributed by atoms with Crippen LogP contribution in [0.4, 0.5) is 4.79 Å². The summed E-state index contributed by atoms with van der Waals surface area (Å²) in [6.07, 6.45) is 1.47. The number of likely N-dealkylation sites (tertiary alicyclic amines) is 1. The maximum Gasteiger partial charge on any atom is 0.327 e. The topological polar surface area (TPSA) is 43.9 Å². The number of thiophene rings is 1. The first-order valence-corrected chi connectivity index (χ1v) is 8.72. The molecule has 1 aromatic rings. The minimum atomic E-state index is -0.596. The van der Waals surface area contributed by atoms with Crippen LogP contribution in [0.2, 0.25) is 0 Å². The predicted molar refractivity (Wildman–Crippen MR) is 86.8 cm³/mol. The summed E-state index contributed by atoms with van der Waals surface area (Å²) in [6.45, 7) is 7.36. The lowest BCUT2D eigenvalue weighted by molar-refractivity contribution is -0.134. The van der Waals surface area contributed by atoms with Crippen LogP contribution in [0.5, 0.6) is 0 Å². The van der Waals surface area contributed by atoms with Crippen LogP contribution in [0.25, 0.3) is 0 Å². The predicted octanol–water partition coefficient (Wildman–Crippen LogP) is 2.31. The van der Waals surface area contributed by atoms with E-state index in [1.807, 2.05) is 6.92 Å². The molecule has 0 aliphatic carbocycles. The monoisotopic (exact) mass is 321 g/mol. The number of aryl methyl sites for hydroxylation is 1. The molecule has 2 aliphatic rings. The Hall–Kier alpha value is -1.40. The molecule has 120 valence electrons. The third kappa shape index (κ3) is 2.25. The van der Waals surface area contributed by atoms with Crippen molar-refractivity contribution in [2.24, 2.45) is 0 Å². The zero-order chi connectivity index (χ0) is 15.9. The molecule has 2 aliphatic heterocycles. The van der Waals surface area contributed by atoms with Gasteiger partial charge in [0.05, 0.1) is 0 Å². The number of amides is 3. The highest BCUT2D eigenvalue weighted by molar-refractivity contribution is 7.10. The molecule has 1 spiro atoms. The lowest BCUT2D eigenvalue weighted by Gasteiger charge is -2.41. The Morgan fingerprint density at radius 2 is 1.95 bits per heavy atom. The molecule has 0 N–H and O–H groups in total. The van der Waals surface area contributed by atoms with Gasteiger partial charge in [-0.25, -0.2) is 4.79 Å². The number of carbonyl (C=O) groups excluding carboxylic acids is 2. The lowest BCUT2D eigenvalue weighted by Crippen LogP contribution is -2.56. The van der Waals surface area contributed by atoms with Gasteiger partial charge in [-0.15, -0.1) is 11.3 Å².